The molecule has 1 saturated carbocycles. The maximum atomic E-state index is 12.0. The predicted molar refractivity (Wildman–Crippen MR) is 163 cm³/mol. The molecule has 39 heavy (non-hydrogen) atoms. The standard InChI is InChI=1S/C34H35NO.2ClH.Zr/c1-25-14-12-13-21-32(25)35-24-30-29(26-15-6-3-7-16-26)22-23-31(33(30)36)34(2,27-17-8-4-9-18-27)28-19-10-5-11-20-28;;;/h3-11,15-20,22-25,32,36H,12-14,21H2,1-2H3;2*1H;/q;;;+2/p-2. The van der Waals surface area contributed by atoms with Gasteiger partial charge in [-0.25, -0.2) is 0 Å². The molecular formula is C34H35Cl2NOZr. The number of phenolic OH excluding ortho intramolecular Hbond substituents is 1. The van der Waals surface area contributed by atoms with Gasteiger partial charge in [-0.3, -0.25) is 4.99 Å². The Labute approximate surface area is 251 Å². The molecule has 200 valence electrons. The van der Waals surface area contributed by atoms with E-state index in [0.717, 1.165) is 39.8 Å². The average molecular weight is 636 g/mol. The van der Waals surface area contributed by atoms with Crippen LogP contribution in [-0.4, -0.2) is 17.4 Å². The number of benzene rings is 4. The van der Waals surface area contributed by atoms with Gasteiger partial charge in [0, 0.05) is 22.8 Å². The van der Waals surface area contributed by atoms with Crippen LogP contribution in [0.25, 0.3) is 11.1 Å². The van der Waals surface area contributed by atoms with Crippen molar-refractivity contribution in [2.75, 3.05) is 0 Å². The van der Waals surface area contributed by atoms with Crippen LogP contribution in [0, 0.1) is 5.92 Å². The Kier molecular flexibility index (Phi) is 11.0. The second-order valence-corrected chi connectivity index (χ2v) is 14.1. The molecular weight excluding hydrogens is 601 g/mol. The maximum absolute atomic E-state index is 12.0. The van der Waals surface area contributed by atoms with Crippen LogP contribution < -0.4 is 0 Å². The van der Waals surface area contributed by atoms with Gasteiger partial charge in [0.15, 0.2) is 0 Å². The number of hydrogen-bond acceptors (Lipinski definition) is 2. The second-order valence-electron chi connectivity index (χ2n) is 10.3. The summed E-state index contributed by atoms with van der Waals surface area (Å²) in [5.74, 6) is 0.873. The number of hydrogen-bond donors (Lipinski definition) is 1. The molecule has 1 N–H and O–H groups in total. The van der Waals surface area contributed by atoms with E-state index < -0.39 is 26.3 Å². The molecule has 0 aliphatic heterocycles. The van der Waals surface area contributed by atoms with Crippen molar-refractivity contribution in [1.29, 1.82) is 0 Å². The molecule has 0 spiro atoms. The van der Waals surface area contributed by atoms with E-state index in [4.69, 9.17) is 22.0 Å². The van der Waals surface area contributed by atoms with E-state index in [-0.39, 0.29) is 0 Å². The fourth-order valence-corrected chi connectivity index (χ4v) is 5.72. The minimum absolute atomic E-state index is 0.304. The van der Waals surface area contributed by atoms with Gasteiger partial charge < -0.3 is 5.11 Å². The average Bonchev–Trinajstić information content (AvgIpc) is 2.98. The van der Waals surface area contributed by atoms with E-state index in [2.05, 4.69) is 86.6 Å². The normalized spacial score (nSPS) is 17.3. The molecule has 1 aliphatic carbocycles. The fraction of sp³-hybridized carbons (Fsp3) is 0.265. The van der Waals surface area contributed by atoms with Gasteiger partial charge in [-0.1, -0.05) is 123 Å². The number of phenols is 1. The molecule has 4 aromatic carbocycles. The first kappa shape index (κ1) is 29.8. The van der Waals surface area contributed by atoms with Crippen molar-refractivity contribution in [2.24, 2.45) is 10.9 Å². The summed E-state index contributed by atoms with van der Waals surface area (Å²) in [4.78, 5) is 5.07. The first-order valence-electron chi connectivity index (χ1n) is 13.5. The van der Waals surface area contributed by atoms with Gasteiger partial charge in [0.2, 0.25) is 0 Å². The summed E-state index contributed by atoms with van der Waals surface area (Å²) >= 11 is -0.826. The van der Waals surface area contributed by atoms with Gasteiger partial charge in [0.1, 0.15) is 5.75 Å². The summed E-state index contributed by atoms with van der Waals surface area (Å²) in [5.41, 5.74) is 5.53. The molecule has 0 radical (unpaired) electrons. The van der Waals surface area contributed by atoms with Crippen LogP contribution in [0.4, 0.5) is 0 Å². The quantitative estimate of drug-likeness (QED) is 0.166. The Morgan fingerprint density at radius 1 is 0.795 bits per heavy atom. The third-order valence-electron chi connectivity index (χ3n) is 8.00. The molecule has 5 heteroatoms. The topological polar surface area (TPSA) is 32.6 Å². The van der Waals surface area contributed by atoms with Crippen molar-refractivity contribution in [3.8, 4) is 16.9 Å². The number of aliphatic imine (C=N–C) groups is 1. The fourth-order valence-electron chi connectivity index (χ4n) is 5.72. The van der Waals surface area contributed by atoms with Crippen molar-refractivity contribution >= 4 is 23.2 Å². The third kappa shape index (κ3) is 6.94. The molecule has 0 aromatic heterocycles. The van der Waals surface area contributed by atoms with Gasteiger partial charge in [-0.15, -0.1) is 0 Å². The van der Waals surface area contributed by atoms with Crippen molar-refractivity contribution in [3.63, 3.8) is 0 Å². The Morgan fingerprint density at radius 2 is 1.31 bits per heavy atom. The zero-order chi connectivity index (χ0) is 27.7. The van der Waals surface area contributed by atoms with E-state index in [0.29, 0.717) is 17.7 Å². The Morgan fingerprint density at radius 3 is 1.85 bits per heavy atom. The molecule has 0 heterocycles. The van der Waals surface area contributed by atoms with E-state index in [1.165, 1.54) is 19.3 Å². The van der Waals surface area contributed by atoms with Crippen LogP contribution in [0.2, 0.25) is 0 Å². The third-order valence-corrected chi connectivity index (χ3v) is 8.00. The van der Waals surface area contributed by atoms with Crippen LogP contribution in [0.15, 0.2) is 108 Å². The summed E-state index contributed by atoms with van der Waals surface area (Å²) in [6.07, 6.45) is 6.80. The molecule has 1 fully saturated rings. The summed E-state index contributed by atoms with van der Waals surface area (Å²) < 4.78 is 0. The number of rotatable bonds is 6. The van der Waals surface area contributed by atoms with Crippen LogP contribution in [0.1, 0.15) is 61.8 Å². The van der Waals surface area contributed by atoms with Crippen molar-refractivity contribution in [2.45, 2.75) is 51.0 Å². The Bertz CT molecular complexity index is 1310. The Balaban J connectivity index is 0.00000112. The van der Waals surface area contributed by atoms with E-state index >= 15 is 0 Å². The van der Waals surface area contributed by atoms with Gasteiger partial charge in [-0.05, 0) is 47.9 Å². The second kappa shape index (κ2) is 14.4. The first-order chi connectivity index (χ1) is 19.0. The molecule has 2 nitrogen and oxygen atoms in total. The molecule has 2 atom stereocenters. The van der Waals surface area contributed by atoms with Gasteiger partial charge in [0.25, 0.3) is 0 Å². The SMILES string of the molecule is CC1CCCCC1N=Cc1c(-c2ccccc2)ccc(C(C)(c2ccccc2)c2ccccc2)c1O.[Cl][Zr][Cl]. The summed E-state index contributed by atoms with van der Waals surface area (Å²) in [6.45, 7) is 4.51. The van der Waals surface area contributed by atoms with Gasteiger partial charge in [-0.2, -0.15) is 0 Å². The van der Waals surface area contributed by atoms with Gasteiger partial charge in [0.05, 0.1) is 6.04 Å². The molecule has 2 unspecified atom stereocenters. The van der Waals surface area contributed by atoms with Crippen LogP contribution in [-0.2, 0) is 26.3 Å². The van der Waals surface area contributed by atoms with Gasteiger partial charge >= 0.3 is 37.9 Å². The molecule has 0 bridgehead atoms. The monoisotopic (exact) mass is 633 g/mol. The van der Waals surface area contributed by atoms with Crippen LogP contribution in [0.3, 0.4) is 0 Å². The van der Waals surface area contributed by atoms with Crippen molar-refractivity contribution < 1.29 is 26.0 Å². The van der Waals surface area contributed by atoms with E-state index in [9.17, 15) is 5.11 Å². The molecule has 5 rings (SSSR count). The van der Waals surface area contributed by atoms with Crippen molar-refractivity contribution in [1.82, 2.24) is 0 Å². The molecule has 1 aliphatic rings. The number of nitrogens with zero attached hydrogens (tertiary/aromatic N) is 1. The molecule has 0 amide bonds. The number of aromatic hydroxyl groups is 1. The van der Waals surface area contributed by atoms with Crippen LogP contribution >= 0.6 is 17.0 Å². The minimum atomic E-state index is -0.826. The molecule has 4 aromatic rings. The summed E-state index contributed by atoms with van der Waals surface area (Å²) in [7, 11) is 9.87. The zero-order valence-electron chi connectivity index (χ0n) is 22.5. The summed E-state index contributed by atoms with van der Waals surface area (Å²) in [5, 5.41) is 12.0. The predicted octanol–water partition coefficient (Wildman–Crippen LogP) is 9.79. The molecule has 0 saturated heterocycles. The first-order valence-corrected chi connectivity index (χ1v) is 19.9. The number of halogens is 2. The summed E-state index contributed by atoms with van der Waals surface area (Å²) in [6, 6.07) is 35.8. The van der Waals surface area contributed by atoms with E-state index in [1.807, 2.05) is 36.5 Å². The van der Waals surface area contributed by atoms with E-state index in [1.54, 1.807) is 0 Å². The Hall–Kier alpha value is -2.19. The van der Waals surface area contributed by atoms with Crippen LogP contribution in [0.5, 0.6) is 5.75 Å². The van der Waals surface area contributed by atoms with Crippen molar-refractivity contribution in [3.05, 3.63) is 125 Å². The zero-order valence-corrected chi connectivity index (χ0v) is 26.5.